The first-order chi connectivity index (χ1) is 8.56. The number of carboxylic acid groups (broad SMARTS) is 1. The largest absolute Gasteiger partial charge is 0.481 e. The number of hydrogen-bond acceptors (Lipinski definition) is 3. The number of allylic oxidation sites excluding steroid dienone is 5. The molecule has 0 aliphatic carbocycles. The molecule has 4 heteroatoms. The summed E-state index contributed by atoms with van der Waals surface area (Å²) in [6.45, 7) is 2.00. The maximum atomic E-state index is 11.1. The Morgan fingerprint density at radius 1 is 1.11 bits per heavy atom. The van der Waals surface area contributed by atoms with Crippen molar-refractivity contribution in [2.75, 3.05) is 0 Å². The van der Waals surface area contributed by atoms with Crippen molar-refractivity contribution in [1.82, 2.24) is 0 Å². The fraction of sp³-hybridized carbons (Fsp3) is 0.429. The van der Waals surface area contributed by atoms with E-state index in [1.54, 1.807) is 30.4 Å². The van der Waals surface area contributed by atoms with Crippen molar-refractivity contribution in [3.05, 3.63) is 36.5 Å². The second-order valence-corrected chi connectivity index (χ2v) is 3.84. The van der Waals surface area contributed by atoms with E-state index >= 15 is 0 Å². The van der Waals surface area contributed by atoms with Crippen molar-refractivity contribution in [1.29, 1.82) is 0 Å². The van der Waals surface area contributed by atoms with E-state index in [-0.39, 0.29) is 18.6 Å². The highest BCUT2D eigenvalue weighted by atomic mass is 16.4. The van der Waals surface area contributed by atoms with Gasteiger partial charge in [-0.25, -0.2) is 0 Å². The number of aliphatic hydroxyl groups is 1. The lowest BCUT2D eigenvalue weighted by molar-refractivity contribution is -0.138. The van der Waals surface area contributed by atoms with Crippen LogP contribution in [0.1, 0.15) is 32.6 Å². The summed E-state index contributed by atoms with van der Waals surface area (Å²) in [5, 5.41) is 17.7. The molecule has 0 spiro atoms. The van der Waals surface area contributed by atoms with Crippen molar-refractivity contribution >= 4 is 11.8 Å². The van der Waals surface area contributed by atoms with Crippen molar-refractivity contribution in [2.24, 2.45) is 0 Å². The van der Waals surface area contributed by atoms with E-state index in [9.17, 15) is 14.7 Å². The van der Waals surface area contributed by atoms with E-state index in [4.69, 9.17) is 5.11 Å². The molecule has 0 radical (unpaired) electrons. The molecule has 2 N–H and O–H groups in total. The van der Waals surface area contributed by atoms with Gasteiger partial charge in [-0.15, -0.1) is 0 Å². The van der Waals surface area contributed by atoms with Crippen LogP contribution in [-0.2, 0) is 9.59 Å². The zero-order valence-corrected chi connectivity index (χ0v) is 10.6. The third-order valence-electron chi connectivity index (χ3n) is 2.12. The van der Waals surface area contributed by atoms with Gasteiger partial charge in [-0.05, 0) is 12.5 Å². The molecule has 0 amide bonds. The SMILES string of the molecule is CCCC(O)C=CC=CC=CC(=O)CCC(=O)O. The number of carbonyl (C=O) groups is 2. The lowest BCUT2D eigenvalue weighted by Gasteiger charge is -1.99. The Labute approximate surface area is 107 Å². The van der Waals surface area contributed by atoms with Crippen LogP contribution in [-0.4, -0.2) is 28.1 Å². The number of ketones is 1. The van der Waals surface area contributed by atoms with E-state index in [1.165, 1.54) is 6.08 Å². The Bertz CT molecular complexity index is 340. The molecule has 0 rings (SSSR count). The summed E-state index contributed by atoms with van der Waals surface area (Å²) in [5.74, 6) is -1.18. The monoisotopic (exact) mass is 252 g/mol. The highest BCUT2D eigenvalue weighted by Gasteiger charge is 2.00. The Hall–Kier alpha value is -1.68. The van der Waals surface area contributed by atoms with Gasteiger partial charge in [-0.2, -0.15) is 0 Å². The van der Waals surface area contributed by atoms with Crippen molar-refractivity contribution in [3.8, 4) is 0 Å². The summed E-state index contributed by atoms with van der Waals surface area (Å²) in [7, 11) is 0. The average molecular weight is 252 g/mol. The van der Waals surface area contributed by atoms with Gasteiger partial charge < -0.3 is 10.2 Å². The minimum absolute atomic E-state index is 0.0186. The molecular formula is C14H20O4. The molecule has 4 nitrogen and oxygen atoms in total. The third kappa shape index (κ3) is 10.8. The van der Waals surface area contributed by atoms with Crippen LogP contribution >= 0.6 is 0 Å². The zero-order valence-electron chi connectivity index (χ0n) is 10.6. The van der Waals surface area contributed by atoms with E-state index in [0.717, 1.165) is 12.8 Å². The van der Waals surface area contributed by atoms with Crippen LogP contribution in [0.3, 0.4) is 0 Å². The van der Waals surface area contributed by atoms with Gasteiger partial charge in [0.1, 0.15) is 0 Å². The second-order valence-electron chi connectivity index (χ2n) is 3.84. The summed E-state index contributed by atoms with van der Waals surface area (Å²) < 4.78 is 0. The fourth-order valence-electron chi connectivity index (χ4n) is 1.19. The van der Waals surface area contributed by atoms with Crippen LogP contribution in [0.5, 0.6) is 0 Å². The number of aliphatic hydroxyl groups excluding tert-OH is 1. The molecule has 0 heterocycles. The smallest absolute Gasteiger partial charge is 0.303 e. The number of aliphatic carboxylic acids is 1. The summed E-state index contributed by atoms with van der Waals surface area (Å²) in [6.07, 6.45) is 10.8. The first kappa shape index (κ1) is 16.3. The Morgan fingerprint density at radius 3 is 2.39 bits per heavy atom. The molecule has 0 aromatic rings. The molecule has 0 saturated heterocycles. The third-order valence-corrected chi connectivity index (χ3v) is 2.12. The number of rotatable bonds is 9. The zero-order chi connectivity index (χ0) is 13.8. The van der Waals surface area contributed by atoms with Crippen molar-refractivity contribution in [2.45, 2.75) is 38.7 Å². The van der Waals surface area contributed by atoms with Crippen LogP contribution in [0.2, 0.25) is 0 Å². The van der Waals surface area contributed by atoms with Gasteiger partial charge in [0.25, 0.3) is 0 Å². The standard InChI is InChI=1S/C14H20O4/c1-2-7-12(15)8-5-3-4-6-9-13(16)10-11-14(17)18/h3-6,8-9,12,15H,2,7,10-11H2,1H3,(H,17,18). The molecule has 0 aliphatic rings. The predicted octanol–water partition coefficient (Wildman–Crippen LogP) is 2.25. The van der Waals surface area contributed by atoms with Crippen LogP contribution < -0.4 is 0 Å². The van der Waals surface area contributed by atoms with Crippen LogP contribution in [0.25, 0.3) is 0 Å². The molecule has 18 heavy (non-hydrogen) atoms. The minimum Gasteiger partial charge on any atom is -0.481 e. The van der Waals surface area contributed by atoms with E-state index in [1.807, 2.05) is 6.92 Å². The summed E-state index contributed by atoms with van der Waals surface area (Å²) in [4.78, 5) is 21.3. The molecule has 0 bridgehead atoms. The quantitative estimate of drug-likeness (QED) is 0.487. The lowest BCUT2D eigenvalue weighted by Crippen LogP contribution is -1.99. The molecule has 0 aromatic heterocycles. The number of hydrogen-bond donors (Lipinski definition) is 2. The molecule has 1 atom stereocenters. The van der Waals surface area contributed by atoms with Crippen molar-refractivity contribution in [3.63, 3.8) is 0 Å². The van der Waals surface area contributed by atoms with Crippen LogP contribution in [0.15, 0.2) is 36.5 Å². The Kier molecular flexibility index (Phi) is 9.50. The van der Waals surface area contributed by atoms with E-state index in [2.05, 4.69) is 0 Å². The average Bonchev–Trinajstić information content (AvgIpc) is 2.31. The summed E-state index contributed by atoms with van der Waals surface area (Å²) in [6, 6.07) is 0. The highest BCUT2D eigenvalue weighted by molar-refractivity contribution is 5.91. The number of carboxylic acids is 1. The molecule has 0 fully saturated rings. The van der Waals surface area contributed by atoms with Gasteiger partial charge in [0.05, 0.1) is 12.5 Å². The fourth-order valence-corrected chi connectivity index (χ4v) is 1.19. The van der Waals surface area contributed by atoms with Gasteiger partial charge in [0.15, 0.2) is 5.78 Å². The lowest BCUT2D eigenvalue weighted by atomic mass is 10.2. The Morgan fingerprint density at radius 2 is 1.78 bits per heavy atom. The molecule has 1 unspecified atom stereocenters. The molecular weight excluding hydrogens is 232 g/mol. The highest BCUT2D eigenvalue weighted by Crippen LogP contribution is 1.97. The van der Waals surface area contributed by atoms with Crippen LogP contribution in [0.4, 0.5) is 0 Å². The van der Waals surface area contributed by atoms with Gasteiger partial charge >= 0.3 is 5.97 Å². The maximum Gasteiger partial charge on any atom is 0.303 e. The molecule has 100 valence electrons. The first-order valence-electron chi connectivity index (χ1n) is 6.00. The molecule has 0 saturated carbocycles. The van der Waals surface area contributed by atoms with Crippen molar-refractivity contribution < 1.29 is 19.8 Å². The van der Waals surface area contributed by atoms with Crippen LogP contribution in [0, 0.1) is 0 Å². The number of carbonyl (C=O) groups excluding carboxylic acids is 1. The first-order valence-corrected chi connectivity index (χ1v) is 6.00. The van der Waals surface area contributed by atoms with Gasteiger partial charge in [-0.3, -0.25) is 9.59 Å². The Balaban J connectivity index is 3.86. The minimum atomic E-state index is -0.972. The summed E-state index contributed by atoms with van der Waals surface area (Å²) >= 11 is 0. The van der Waals surface area contributed by atoms with E-state index in [0.29, 0.717) is 0 Å². The van der Waals surface area contributed by atoms with Gasteiger partial charge in [0, 0.05) is 6.42 Å². The summed E-state index contributed by atoms with van der Waals surface area (Å²) in [5.41, 5.74) is 0. The molecule has 0 aliphatic heterocycles. The normalized spacial score (nSPS) is 13.7. The van der Waals surface area contributed by atoms with Gasteiger partial charge in [-0.1, -0.05) is 43.7 Å². The molecule has 0 aromatic carbocycles. The van der Waals surface area contributed by atoms with E-state index < -0.39 is 12.1 Å². The van der Waals surface area contributed by atoms with Gasteiger partial charge in [0.2, 0.25) is 0 Å². The second kappa shape index (κ2) is 10.5. The maximum absolute atomic E-state index is 11.1. The topological polar surface area (TPSA) is 74.6 Å². The predicted molar refractivity (Wildman–Crippen MR) is 70.2 cm³/mol.